The fourth-order valence-electron chi connectivity index (χ4n) is 4.65. The molecular weight excluding hydrogens is 395 g/mol. The van der Waals surface area contributed by atoms with Crippen molar-refractivity contribution in [2.24, 2.45) is 11.8 Å². The van der Waals surface area contributed by atoms with Crippen molar-refractivity contribution in [3.05, 3.63) is 23.5 Å². The van der Waals surface area contributed by atoms with Crippen molar-refractivity contribution in [3.8, 4) is 0 Å². The number of likely N-dealkylation sites (tertiary alicyclic amines) is 1. The molecular formula is C18H24F3N3O3S. The Kier molecular flexibility index (Phi) is 5.18. The van der Waals surface area contributed by atoms with E-state index in [1.807, 2.05) is 0 Å². The van der Waals surface area contributed by atoms with E-state index < -0.39 is 21.9 Å². The lowest BCUT2D eigenvalue weighted by molar-refractivity contribution is -0.141. The van der Waals surface area contributed by atoms with Crippen LogP contribution in [-0.2, 0) is 20.9 Å². The number of alkyl halides is 3. The summed E-state index contributed by atoms with van der Waals surface area (Å²) in [5, 5.41) is 0. The molecule has 0 amide bonds. The van der Waals surface area contributed by atoms with E-state index in [2.05, 4.69) is 9.88 Å². The molecule has 0 N–H and O–H groups in total. The Hall–Kier alpha value is -1.23. The maximum Gasteiger partial charge on any atom is 0.433 e. The van der Waals surface area contributed by atoms with Crippen LogP contribution >= 0.6 is 0 Å². The highest BCUT2D eigenvalue weighted by Crippen LogP contribution is 2.37. The number of sulfonamides is 1. The molecule has 0 aromatic carbocycles. The van der Waals surface area contributed by atoms with Gasteiger partial charge in [0.05, 0.1) is 5.69 Å². The van der Waals surface area contributed by atoms with E-state index in [1.54, 1.807) is 0 Å². The number of hydrogen-bond donors (Lipinski definition) is 0. The third-order valence-corrected chi connectivity index (χ3v) is 8.10. The Balaban J connectivity index is 1.46. The molecule has 3 saturated heterocycles. The van der Waals surface area contributed by atoms with Gasteiger partial charge in [-0.15, -0.1) is 0 Å². The third-order valence-electron chi connectivity index (χ3n) is 6.13. The summed E-state index contributed by atoms with van der Waals surface area (Å²) in [7, 11) is -3.85. The standard InChI is InChI=1S/C18H24F3N3O3S/c1-12-16(2-3-17(22-12)18(19,20)21)28(25,26)24-10-13-8-23(9-14(13)11-24)15-4-6-27-7-5-15/h2-3,13-15H,4-11H2,1H3/t13-,14+. The Morgan fingerprint density at radius 1 is 1.07 bits per heavy atom. The van der Waals surface area contributed by atoms with Gasteiger partial charge >= 0.3 is 6.18 Å². The molecule has 1 aromatic heterocycles. The lowest BCUT2D eigenvalue weighted by Gasteiger charge is -2.32. The molecule has 10 heteroatoms. The van der Waals surface area contributed by atoms with Crippen LogP contribution in [0, 0.1) is 18.8 Å². The normalized spacial score (nSPS) is 28.0. The molecule has 0 aliphatic carbocycles. The molecule has 0 saturated carbocycles. The molecule has 4 heterocycles. The van der Waals surface area contributed by atoms with Gasteiger partial charge in [-0.05, 0) is 43.7 Å². The molecule has 3 aliphatic heterocycles. The van der Waals surface area contributed by atoms with E-state index in [4.69, 9.17) is 4.74 Å². The summed E-state index contributed by atoms with van der Waals surface area (Å²) in [4.78, 5) is 5.79. The minimum Gasteiger partial charge on any atom is -0.381 e. The summed E-state index contributed by atoms with van der Waals surface area (Å²) in [6.45, 7) is 5.41. The molecule has 4 rings (SSSR count). The molecule has 0 unspecified atom stereocenters. The van der Waals surface area contributed by atoms with Crippen LogP contribution in [0.1, 0.15) is 24.2 Å². The first kappa shape index (κ1) is 20.1. The number of pyridine rings is 1. The summed E-state index contributed by atoms with van der Waals surface area (Å²) in [6.07, 6.45) is -2.57. The predicted molar refractivity (Wildman–Crippen MR) is 95.1 cm³/mol. The SMILES string of the molecule is Cc1nc(C(F)(F)F)ccc1S(=O)(=O)N1C[C@H]2CN(C3CCOCC3)C[C@H]2C1. The average molecular weight is 419 g/mol. The molecule has 3 fully saturated rings. The monoisotopic (exact) mass is 419 g/mol. The van der Waals surface area contributed by atoms with Crippen molar-refractivity contribution in [1.82, 2.24) is 14.2 Å². The average Bonchev–Trinajstić information content (AvgIpc) is 3.21. The summed E-state index contributed by atoms with van der Waals surface area (Å²) < 4.78 is 71.3. The van der Waals surface area contributed by atoms with Crippen LogP contribution in [-0.4, -0.2) is 68.0 Å². The summed E-state index contributed by atoms with van der Waals surface area (Å²) in [6, 6.07) is 2.28. The zero-order chi connectivity index (χ0) is 20.1. The Morgan fingerprint density at radius 3 is 2.21 bits per heavy atom. The maximum absolute atomic E-state index is 13.0. The lowest BCUT2D eigenvalue weighted by Crippen LogP contribution is -2.40. The fourth-order valence-corrected chi connectivity index (χ4v) is 6.36. The van der Waals surface area contributed by atoms with Crippen molar-refractivity contribution in [1.29, 1.82) is 0 Å². The molecule has 6 nitrogen and oxygen atoms in total. The van der Waals surface area contributed by atoms with Gasteiger partial charge in [0.2, 0.25) is 10.0 Å². The molecule has 1 aromatic rings. The second kappa shape index (κ2) is 7.23. The van der Waals surface area contributed by atoms with Crippen LogP contribution < -0.4 is 0 Å². The van der Waals surface area contributed by atoms with E-state index in [9.17, 15) is 21.6 Å². The van der Waals surface area contributed by atoms with Crippen LogP contribution in [0.5, 0.6) is 0 Å². The van der Waals surface area contributed by atoms with Gasteiger partial charge < -0.3 is 4.74 Å². The summed E-state index contributed by atoms with van der Waals surface area (Å²) in [5.74, 6) is 0.528. The second-order valence-corrected chi connectivity index (χ2v) is 9.82. The highest BCUT2D eigenvalue weighted by Gasteiger charge is 2.46. The molecule has 0 bridgehead atoms. The summed E-state index contributed by atoms with van der Waals surface area (Å²) >= 11 is 0. The number of hydrogen-bond acceptors (Lipinski definition) is 5. The van der Waals surface area contributed by atoms with Gasteiger partial charge in [-0.3, -0.25) is 4.90 Å². The van der Waals surface area contributed by atoms with Crippen LogP contribution in [0.15, 0.2) is 17.0 Å². The number of halogens is 3. The predicted octanol–water partition coefficient (Wildman–Crippen LogP) is 2.14. The number of aromatic nitrogens is 1. The van der Waals surface area contributed by atoms with Gasteiger partial charge in [-0.1, -0.05) is 0 Å². The molecule has 28 heavy (non-hydrogen) atoms. The van der Waals surface area contributed by atoms with Crippen molar-refractivity contribution >= 4 is 10.0 Å². The Morgan fingerprint density at radius 2 is 1.68 bits per heavy atom. The zero-order valence-electron chi connectivity index (χ0n) is 15.7. The van der Waals surface area contributed by atoms with Crippen molar-refractivity contribution < 1.29 is 26.3 Å². The maximum atomic E-state index is 13.0. The molecule has 2 atom stereocenters. The number of ether oxygens (including phenoxy) is 1. The second-order valence-electron chi connectivity index (χ2n) is 7.92. The van der Waals surface area contributed by atoms with E-state index in [0.29, 0.717) is 19.1 Å². The lowest BCUT2D eigenvalue weighted by atomic mass is 10.0. The van der Waals surface area contributed by atoms with E-state index >= 15 is 0 Å². The fraction of sp³-hybridized carbons (Fsp3) is 0.722. The van der Waals surface area contributed by atoms with Crippen LogP contribution in [0.25, 0.3) is 0 Å². The molecule has 156 valence electrons. The largest absolute Gasteiger partial charge is 0.433 e. The van der Waals surface area contributed by atoms with Crippen molar-refractivity contribution in [3.63, 3.8) is 0 Å². The molecule has 0 spiro atoms. The highest BCUT2D eigenvalue weighted by molar-refractivity contribution is 7.89. The first-order chi connectivity index (χ1) is 13.2. The first-order valence-electron chi connectivity index (χ1n) is 9.53. The van der Waals surface area contributed by atoms with Crippen molar-refractivity contribution in [2.45, 2.75) is 36.9 Å². The van der Waals surface area contributed by atoms with Gasteiger partial charge in [0, 0.05) is 45.4 Å². The van der Waals surface area contributed by atoms with Crippen molar-refractivity contribution in [2.75, 3.05) is 39.4 Å². The zero-order valence-corrected chi connectivity index (χ0v) is 16.5. The quantitative estimate of drug-likeness (QED) is 0.751. The number of fused-ring (bicyclic) bond motifs is 1. The highest BCUT2D eigenvalue weighted by atomic mass is 32.2. The number of rotatable bonds is 3. The van der Waals surface area contributed by atoms with E-state index in [-0.39, 0.29) is 22.4 Å². The van der Waals surface area contributed by atoms with Crippen LogP contribution in [0.2, 0.25) is 0 Å². The Labute approximate surface area is 162 Å². The summed E-state index contributed by atoms with van der Waals surface area (Å²) in [5.41, 5.74) is -1.19. The topological polar surface area (TPSA) is 62.7 Å². The first-order valence-corrected chi connectivity index (χ1v) is 11.0. The van der Waals surface area contributed by atoms with Crippen LogP contribution in [0.3, 0.4) is 0 Å². The Bertz CT molecular complexity index is 826. The van der Waals surface area contributed by atoms with Gasteiger partial charge in [0.25, 0.3) is 0 Å². The van der Waals surface area contributed by atoms with Gasteiger partial charge in [-0.25, -0.2) is 13.4 Å². The molecule has 0 radical (unpaired) electrons. The minimum atomic E-state index is -4.59. The molecule has 3 aliphatic rings. The van der Waals surface area contributed by atoms with E-state index in [0.717, 1.165) is 51.3 Å². The van der Waals surface area contributed by atoms with Crippen LogP contribution in [0.4, 0.5) is 13.2 Å². The van der Waals surface area contributed by atoms with Gasteiger partial charge in [0.15, 0.2) is 0 Å². The van der Waals surface area contributed by atoms with E-state index in [1.165, 1.54) is 11.2 Å². The smallest absolute Gasteiger partial charge is 0.381 e. The third kappa shape index (κ3) is 3.67. The number of nitrogens with zero attached hydrogens (tertiary/aromatic N) is 3. The minimum absolute atomic E-state index is 0.115. The van der Waals surface area contributed by atoms with Gasteiger partial charge in [0.1, 0.15) is 10.6 Å². The number of aryl methyl sites for hydroxylation is 1. The van der Waals surface area contributed by atoms with Gasteiger partial charge in [-0.2, -0.15) is 17.5 Å².